The van der Waals surface area contributed by atoms with Crippen LogP contribution in [0, 0.1) is 11.2 Å². The predicted molar refractivity (Wildman–Crippen MR) is 123 cm³/mol. The minimum absolute atomic E-state index is 0.0516. The quantitative estimate of drug-likeness (QED) is 0.521. The molecule has 0 radical (unpaired) electrons. The molecule has 1 aromatic carbocycles. The van der Waals surface area contributed by atoms with Crippen LogP contribution in [-0.4, -0.2) is 26.6 Å². The Morgan fingerprint density at radius 1 is 1.21 bits per heavy atom. The van der Waals surface area contributed by atoms with E-state index in [-0.39, 0.29) is 52.7 Å². The number of hydrogen-bond donors (Lipinski definition) is 2. The first-order chi connectivity index (χ1) is 16.0. The molecular formula is C25H28FN5O3. The van der Waals surface area contributed by atoms with Crippen molar-refractivity contribution >= 4 is 17.5 Å². The van der Waals surface area contributed by atoms with Gasteiger partial charge in [-0.3, -0.25) is 9.59 Å². The van der Waals surface area contributed by atoms with Gasteiger partial charge < -0.3 is 16.0 Å². The van der Waals surface area contributed by atoms with E-state index in [1.54, 1.807) is 6.07 Å². The minimum atomic E-state index is -0.738. The number of anilines is 1. The molecule has 1 amide bonds. The van der Waals surface area contributed by atoms with E-state index in [1.165, 1.54) is 16.8 Å². The smallest absolute Gasteiger partial charge is 0.254 e. The Labute approximate surface area is 196 Å². The maximum absolute atomic E-state index is 14.9. The summed E-state index contributed by atoms with van der Waals surface area (Å²) in [4.78, 5) is 24.6. The Hall–Kier alpha value is -3.49. The molecule has 0 aliphatic heterocycles. The van der Waals surface area contributed by atoms with Crippen LogP contribution in [0.15, 0.2) is 28.8 Å². The van der Waals surface area contributed by atoms with Crippen molar-refractivity contribution < 1.29 is 18.5 Å². The third kappa shape index (κ3) is 3.50. The molecule has 2 bridgehead atoms. The van der Waals surface area contributed by atoms with Gasteiger partial charge in [-0.25, -0.2) is 9.07 Å². The first kappa shape index (κ1) is 22.3. The maximum Gasteiger partial charge on any atom is 0.254 e. The third-order valence-corrected chi connectivity index (χ3v) is 7.17. The summed E-state index contributed by atoms with van der Waals surface area (Å²) in [7, 11) is 0. The van der Waals surface area contributed by atoms with Crippen LogP contribution in [0.3, 0.4) is 0 Å². The van der Waals surface area contributed by atoms with Crippen LogP contribution in [0.5, 0.6) is 0 Å². The number of Topliss-reactive ketones (excluding diaryl/α,β-unsaturated/α-hetero) is 1. The topological polar surface area (TPSA) is 130 Å². The molecule has 34 heavy (non-hydrogen) atoms. The number of carbonyl (C=O) groups is 2. The monoisotopic (exact) mass is 465 g/mol. The van der Waals surface area contributed by atoms with Crippen molar-refractivity contribution in [3.63, 3.8) is 0 Å². The lowest BCUT2D eigenvalue weighted by Gasteiger charge is -2.68. The standard InChI is InChI=1S/C25H28FN5O3/c1-13(2)31-22(27)20(23(28)33)21(29-31)15-5-4-14(18(26)7-15)6-16(32)8-17-9-19(30-34-17)25-10-24(3,11-25)12-25/h4-5,7,9,13H,6,8,10-12,27H2,1-3H3,(H2,28,33). The number of rotatable bonds is 8. The second-order valence-corrected chi connectivity index (χ2v) is 10.5. The zero-order valence-electron chi connectivity index (χ0n) is 19.5. The third-order valence-electron chi connectivity index (χ3n) is 7.17. The summed E-state index contributed by atoms with van der Waals surface area (Å²) in [5, 5.41) is 8.56. The Morgan fingerprint density at radius 3 is 2.50 bits per heavy atom. The molecule has 6 rings (SSSR count). The van der Waals surface area contributed by atoms with Crippen molar-refractivity contribution in [1.29, 1.82) is 0 Å². The number of amides is 1. The van der Waals surface area contributed by atoms with Gasteiger partial charge in [0.2, 0.25) is 0 Å². The highest BCUT2D eigenvalue weighted by atomic mass is 19.1. The lowest BCUT2D eigenvalue weighted by atomic mass is 9.35. The molecule has 2 heterocycles. The van der Waals surface area contributed by atoms with Gasteiger partial charge in [0.15, 0.2) is 0 Å². The molecule has 3 fully saturated rings. The predicted octanol–water partition coefficient (Wildman–Crippen LogP) is 3.74. The van der Waals surface area contributed by atoms with Gasteiger partial charge in [0.25, 0.3) is 5.91 Å². The van der Waals surface area contributed by atoms with Crippen molar-refractivity contribution in [2.75, 3.05) is 5.73 Å². The van der Waals surface area contributed by atoms with Crippen LogP contribution in [0.1, 0.15) is 73.5 Å². The van der Waals surface area contributed by atoms with Crippen LogP contribution >= 0.6 is 0 Å². The number of nitrogens with zero attached hydrogens (tertiary/aromatic N) is 3. The van der Waals surface area contributed by atoms with Crippen molar-refractivity contribution in [1.82, 2.24) is 14.9 Å². The number of benzene rings is 1. The molecule has 4 N–H and O–H groups in total. The molecule has 3 aromatic rings. The van der Waals surface area contributed by atoms with E-state index in [9.17, 15) is 14.0 Å². The number of carbonyl (C=O) groups excluding carboxylic acids is 2. The number of halogens is 1. The molecule has 2 aromatic heterocycles. The molecule has 3 aliphatic rings. The van der Waals surface area contributed by atoms with Gasteiger partial charge in [-0.1, -0.05) is 24.2 Å². The zero-order valence-corrected chi connectivity index (χ0v) is 19.5. The lowest BCUT2D eigenvalue weighted by Crippen LogP contribution is -2.63. The Bertz CT molecular complexity index is 1300. The van der Waals surface area contributed by atoms with E-state index < -0.39 is 11.7 Å². The molecule has 3 aliphatic carbocycles. The van der Waals surface area contributed by atoms with E-state index in [0.717, 1.165) is 25.0 Å². The molecule has 0 unspecified atom stereocenters. The number of ketones is 1. The lowest BCUT2D eigenvalue weighted by molar-refractivity contribution is -0.129. The van der Waals surface area contributed by atoms with E-state index >= 15 is 0 Å². The molecule has 0 saturated heterocycles. The van der Waals surface area contributed by atoms with E-state index in [0.29, 0.717) is 16.7 Å². The highest BCUT2D eigenvalue weighted by molar-refractivity contribution is 6.03. The Kier molecular flexibility index (Phi) is 4.93. The average Bonchev–Trinajstić information content (AvgIpc) is 3.30. The summed E-state index contributed by atoms with van der Waals surface area (Å²) in [5.41, 5.74) is 13.9. The van der Waals surface area contributed by atoms with Gasteiger partial charge in [-0.15, -0.1) is 0 Å². The molecule has 3 saturated carbocycles. The fraction of sp³-hybridized carbons (Fsp3) is 0.440. The van der Waals surface area contributed by atoms with Gasteiger partial charge in [0, 0.05) is 29.5 Å². The van der Waals surface area contributed by atoms with Crippen molar-refractivity contribution in [2.45, 2.75) is 64.3 Å². The van der Waals surface area contributed by atoms with Crippen LogP contribution in [0.4, 0.5) is 10.2 Å². The van der Waals surface area contributed by atoms with Gasteiger partial charge >= 0.3 is 0 Å². The van der Waals surface area contributed by atoms with Crippen molar-refractivity contribution in [3.05, 3.63) is 52.7 Å². The van der Waals surface area contributed by atoms with E-state index in [2.05, 4.69) is 17.2 Å². The molecule has 0 spiro atoms. The number of primary amides is 1. The SMILES string of the molecule is CC(C)n1nc(-c2ccc(CC(=O)Cc3cc(C45CC(C)(C4)C5)no3)c(F)c2)c(C(N)=O)c1N. The highest BCUT2D eigenvalue weighted by Crippen LogP contribution is 2.73. The summed E-state index contributed by atoms with van der Waals surface area (Å²) in [6.07, 6.45) is 3.33. The molecule has 178 valence electrons. The molecular weight excluding hydrogens is 437 g/mol. The summed E-state index contributed by atoms with van der Waals surface area (Å²) in [6.45, 7) is 6.00. The minimum Gasteiger partial charge on any atom is -0.383 e. The second kappa shape index (κ2) is 7.51. The van der Waals surface area contributed by atoms with E-state index in [4.69, 9.17) is 16.0 Å². The maximum atomic E-state index is 14.9. The number of nitrogens with two attached hydrogens (primary N) is 2. The van der Waals surface area contributed by atoms with E-state index in [1.807, 2.05) is 19.9 Å². The number of nitrogen functional groups attached to an aromatic ring is 1. The average molecular weight is 466 g/mol. The first-order valence-electron chi connectivity index (χ1n) is 11.4. The zero-order chi connectivity index (χ0) is 24.4. The van der Waals surface area contributed by atoms with Crippen LogP contribution in [0.2, 0.25) is 0 Å². The first-order valence-corrected chi connectivity index (χ1v) is 11.4. The normalized spacial score (nSPS) is 23.0. The summed E-state index contributed by atoms with van der Waals surface area (Å²) in [6, 6.07) is 6.14. The van der Waals surface area contributed by atoms with Gasteiger partial charge in [-0.05, 0) is 50.2 Å². The van der Waals surface area contributed by atoms with Crippen LogP contribution in [-0.2, 0) is 23.1 Å². The summed E-state index contributed by atoms with van der Waals surface area (Å²) in [5.74, 6) is -0.841. The fourth-order valence-corrected chi connectivity index (χ4v) is 5.81. The highest BCUT2D eigenvalue weighted by Gasteiger charge is 2.66. The molecule has 0 atom stereocenters. The van der Waals surface area contributed by atoms with Gasteiger partial charge in [-0.2, -0.15) is 5.10 Å². The van der Waals surface area contributed by atoms with Crippen LogP contribution < -0.4 is 11.5 Å². The fourth-order valence-electron chi connectivity index (χ4n) is 5.81. The van der Waals surface area contributed by atoms with Gasteiger partial charge in [0.05, 0.1) is 12.1 Å². The van der Waals surface area contributed by atoms with Crippen molar-refractivity contribution in [3.8, 4) is 11.3 Å². The largest absolute Gasteiger partial charge is 0.383 e. The van der Waals surface area contributed by atoms with Crippen molar-refractivity contribution in [2.24, 2.45) is 11.1 Å². The van der Waals surface area contributed by atoms with Gasteiger partial charge in [0.1, 0.15) is 34.4 Å². The number of hydrogen-bond acceptors (Lipinski definition) is 6. The second-order valence-electron chi connectivity index (χ2n) is 10.5. The Morgan fingerprint density at radius 2 is 1.91 bits per heavy atom. The summed E-state index contributed by atoms with van der Waals surface area (Å²) < 4.78 is 21.8. The Balaban J connectivity index is 1.30. The van der Waals surface area contributed by atoms with Crippen LogP contribution in [0.25, 0.3) is 11.3 Å². The molecule has 9 heteroatoms. The summed E-state index contributed by atoms with van der Waals surface area (Å²) >= 11 is 0. The number of aromatic nitrogens is 3. The molecule has 8 nitrogen and oxygen atoms in total.